The molecule has 10 atom stereocenters. The molecule has 0 amide bonds. The maximum atomic E-state index is 12.3. The second-order valence-electron chi connectivity index (χ2n) is 11.1. The van der Waals surface area contributed by atoms with Crippen LogP contribution >= 0.6 is 0 Å². The van der Waals surface area contributed by atoms with Gasteiger partial charge in [0.25, 0.3) is 0 Å². The highest BCUT2D eigenvalue weighted by atomic mass is 16.5. The number of methoxy groups -OCH3 is 1. The Kier molecular flexibility index (Phi) is 4.93. The lowest BCUT2D eigenvalue weighted by Gasteiger charge is -2.62. The van der Waals surface area contributed by atoms with Gasteiger partial charge in [0.1, 0.15) is 0 Å². The van der Waals surface area contributed by atoms with E-state index < -0.39 is 0 Å². The SMILES string of the molecule is COC(=O)C(C)[C@H]1CCC2C3CC[C@@H]4C[C@H](C)CC[C@]4(C)C3C[C@H](O)[C@@]21C. The minimum absolute atomic E-state index is 0.104. The number of carbonyl (C=O) groups is 1. The number of aliphatic hydroxyl groups excluding tert-OH is 1. The molecule has 0 saturated heterocycles. The Bertz CT molecular complexity index is 588. The van der Waals surface area contributed by atoms with E-state index in [9.17, 15) is 9.90 Å². The third-order valence-electron chi connectivity index (χ3n) is 10.3. The summed E-state index contributed by atoms with van der Waals surface area (Å²) in [5, 5.41) is 11.5. The molecule has 1 N–H and O–H groups in total. The van der Waals surface area contributed by atoms with E-state index in [2.05, 4.69) is 20.8 Å². The molecule has 4 unspecified atom stereocenters. The molecule has 4 aliphatic carbocycles. The number of rotatable bonds is 2. The highest BCUT2D eigenvalue weighted by Crippen LogP contribution is 2.68. The summed E-state index contributed by atoms with van der Waals surface area (Å²) in [4.78, 5) is 12.3. The van der Waals surface area contributed by atoms with Crippen LogP contribution in [-0.2, 0) is 9.53 Å². The van der Waals surface area contributed by atoms with E-state index in [1.165, 1.54) is 45.6 Å². The number of hydrogen-bond donors (Lipinski definition) is 1. The second kappa shape index (κ2) is 6.75. The lowest BCUT2D eigenvalue weighted by molar-refractivity contribution is -0.176. The fourth-order valence-corrected chi connectivity index (χ4v) is 8.64. The summed E-state index contributed by atoms with van der Waals surface area (Å²) in [7, 11) is 1.49. The number of fused-ring (bicyclic) bond motifs is 5. The van der Waals surface area contributed by atoms with Crippen molar-refractivity contribution in [1.82, 2.24) is 0 Å². The zero-order chi connectivity index (χ0) is 19.6. The van der Waals surface area contributed by atoms with Crippen molar-refractivity contribution in [1.29, 1.82) is 0 Å². The maximum Gasteiger partial charge on any atom is 0.308 e. The molecular weight excluding hydrogens is 336 g/mol. The summed E-state index contributed by atoms with van der Waals surface area (Å²) in [6, 6.07) is 0. The zero-order valence-corrected chi connectivity index (χ0v) is 18.0. The topological polar surface area (TPSA) is 46.5 Å². The van der Waals surface area contributed by atoms with Crippen molar-refractivity contribution < 1.29 is 14.6 Å². The van der Waals surface area contributed by atoms with Crippen LogP contribution < -0.4 is 0 Å². The van der Waals surface area contributed by atoms with E-state index in [-0.39, 0.29) is 29.3 Å². The van der Waals surface area contributed by atoms with E-state index in [1.54, 1.807) is 0 Å². The van der Waals surface area contributed by atoms with Crippen LogP contribution in [0.4, 0.5) is 0 Å². The van der Waals surface area contributed by atoms with Crippen molar-refractivity contribution in [3.05, 3.63) is 0 Å². The Balaban J connectivity index is 1.62. The second-order valence-corrected chi connectivity index (χ2v) is 11.1. The third-order valence-corrected chi connectivity index (χ3v) is 10.3. The van der Waals surface area contributed by atoms with Crippen LogP contribution in [0, 0.1) is 52.3 Å². The predicted octanol–water partition coefficient (Wildman–Crippen LogP) is 5.06. The molecule has 154 valence electrons. The van der Waals surface area contributed by atoms with Gasteiger partial charge in [-0.2, -0.15) is 0 Å². The quantitative estimate of drug-likeness (QED) is 0.685. The van der Waals surface area contributed by atoms with Gasteiger partial charge in [0.15, 0.2) is 0 Å². The normalized spacial score (nSPS) is 53.0. The smallest absolute Gasteiger partial charge is 0.308 e. The van der Waals surface area contributed by atoms with Gasteiger partial charge >= 0.3 is 5.97 Å². The third kappa shape index (κ3) is 2.74. The highest BCUT2D eigenvalue weighted by Gasteiger charge is 2.64. The van der Waals surface area contributed by atoms with Gasteiger partial charge in [-0.05, 0) is 85.9 Å². The maximum absolute atomic E-state index is 12.3. The standard InChI is InChI=1S/C24H40O3/c1-14-10-11-23(3)16(12-14)6-7-17-19-9-8-18(15(2)22(26)27-5)24(19,4)21(25)13-20(17)23/h14-21,25H,6-13H2,1-5H3/t14-,15?,16-,17?,18-,19?,20?,21+,23+,24-/m1/s1. The largest absolute Gasteiger partial charge is 0.469 e. The number of aliphatic hydroxyl groups is 1. The molecule has 3 heteroatoms. The van der Waals surface area contributed by atoms with E-state index in [4.69, 9.17) is 4.74 Å². The monoisotopic (exact) mass is 376 g/mol. The average Bonchev–Trinajstić information content (AvgIpc) is 3.01. The molecule has 4 saturated carbocycles. The van der Waals surface area contributed by atoms with E-state index >= 15 is 0 Å². The fourth-order valence-electron chi connectivity index (χ4n) is 8.64. The number of carbonyl (C=O) groups excluding carboxylic acids is 1. The van der Waals surface area contributed by atoms with Gasteiger partial charge in [-0.25, -0.2) is 0 Å². The minimum Gasteiger partial charge on any atom is -0.469 e. The summed E-state index contributed by atoms with van der Waals surface area (Å²) >= 11 is 0. The molecule has 0 aromatic rings. The van der Waals surface area contributed by atoms with Gasteiger partial charge in [-0.3, -0.25) is 4.79 Å². The van der Waals surface area contributed by atoms with Crippen molar-refractivity contribution >= 4 is 5.97 Å². The Hall–Kier alpha value is -0.570. The van der Waals surface area contributed by atoms with Crippen LogP contribution in [0.15, 0.2) is 0 Å². The molecule has 4 aliphatic rings. The predicted molar refractivity (Wildman–Crippen MR) is 107 cm³/mol. The summed E-state index contributed by atoms with van der Waals surface area (Å²) in [5.41, 5.74) is 0.295. The summed E-state index contributed by atoms with van der Waals surface area (Å²) in [6.07, 6.45) is 9.72. The Morgan fingerprint density at radius 3 is 2.52 bits per heavy atom. The number of ether oxygens (including phenoxy) is 1. The minimum atomic E-state index is -0.279. The first kappa shape index (κ1) is 19.7. The van der Waals surface area contributed by atoms with E-state index in [0.717, 1.165) is 30.6 Å². The lowest BCUT2D eigenvalue weighted by atomic mass is 9.43. The number of hydrogen-bond acceptors (Lipinski definition) is 3. The van der Waals surface area contributed by atoms with E-state index in [1.807, 2.05) is 6.92 Å². The first-order valence-electron chi connectivity index (χ1n) is 11.5. The summed E-state index contributed by atoms with van der Waals surface area (Å²) in [6.45, 7) is 9.30. The van der Waals surface area contributed by atoms with Crippen molar-refractivity contribution in [3.63, 3.8) is 0 Å². The first-order valence-corrected chi connectivity index (χ1v) is 11.5. The van der Waals surface area contributed by atoms with Gasteiger partial charge in [0.2, 0.25) is 0 Å². The Morgan fingerprint density at radius 2 is 1.81 bits per heavy atom. The van der Waals surface area contributed by atoms with Crippen molar-refractivity contribution in [2.45, 2.75) is 85.2 Å². The molecule has 0 heterocycles. The van der Waals surface area contributed by atoms with Gasteiger partial charge in [-0.1, -0.05) is 34.1 Å². The van der Waals surface area contributed by atoms with Crippen molar-refractivity contribution in [2.24, 2.45) is 52.3 Å². The average molecular weight is 377 g/mol. The molecule has 0 aromatic carbocycles. The summed E-state index contributed by atoms with van der Waals surface area (Å²) < 4.78 is 5.07. The molecule has 0 spiro atoms. The first-order chi connectivity index (χ1) is 12.7. The van der Waals surface area contributed by atoms with Crippen LogP contribution in [-0.4, -0.2) is 24.3 Å². The molecule has 3 nitrogen and oxygen atoms in total. The zero-order valence-electron chi connectivity index (χ0n) is 18.0. The molecule has 4 rings (SSSR count). The van der Waals surface area contributed by atoms with E-state index in [0.29, 0.717) is 17.3 Å². The van der Waals surface area contributed by atoms with Crippen LogP contribution in [0.3, 0.4) is 0 Å². The van der Waals surface area contributed by atoms with Gasteiger partial charge in [0, 0.05) is 5.41 Å². The van der Waals surface area contributed by atoms with Crippen molar-refractivity contribution in [3.8, 4) is 0 Å². The fraction of sp³-hybridized carbons (Fsp3) is 0.958. The van der Waals surface area contributed by atoms with Crippen LogP contribution in [0.25, 0.3) is 0 Å². The molecular formula is C24H40O3. The van der Waals surface area contributed by atoms with Gasteiger partial charge in [-0.15, -0.1) is 0 Å². The Morgan fingerprint density at radius 1 is 1.07 bits per heavy atom. The number of esters is 1. The molecule has 4 fully saturated rings. The molecule has 0 bridgehead atoms. The molecule has 27 heavy (non-hydrogen) atoms. The van der Waals surface area contributed by atoms with Crippen LogP contribution in [0.5, 0.6) is 0 Å². The molecule has 0 aliphatic heterocycles. The molecule has 0 radical (unpaired) electrons. The Labute approximate surface area is 165 Å². The van der Waals surface area contributed by atoms with Crippen LogP contribution in [0.1, 0.15) is 79.1 Å². The summed E-state index contributed by atoms with van der Waals surface area (Å²) in [5.74, 6) is 3.74. The van der Waals surface area contributed by atoms with Gasteiger partial charge < -0.3 is 9.84 Å². The lowest BCUT2D eigenvalue weighted by Crippen LogP contribution is -2.58. The van der Waals surface area contributed by atoms with Crippen LogP contribution in [0.2, 0.25) is 0 Å². The van der Waals surface area contributed by atoms with Gasteiger partial charge in [0.05, 0.1) is 19.1 Å². The van der Waals surface area contributed by atoms with Crippen molar-refractivity contribution in [2.75, 3.05) is 7.11 Å². The highest BCUT2D eigenvalue weighted by molar-refractivity contribution is 5.72. The molecule has 0 aromatic heterocycles.